The van der Waals surface area contributed by atoms with Gasteiger partial charge in [0.25, 0.3) is 5.91 Å². The summed E-state index contributed by atoms with van der Waals surface area (Å²) in [6, 6.07) is 20.2. The SMILES string of the molecule is Cc1cccc(C)c1NC(=O)CN(C)C(=O)COC(=O)C1c2ccccc2Oc2ccccc21. The third kappa shape index (κ3) is 4.78. The Balaban J connectivity index is 1.39. The van der Waals surface area contributed by atoms with Gasteiger partial charge in [-0.25, -0.2) is 0 Å². The van der Waals surface area contributed by atoms with Gasteiger partial charge in [-0.1, -0.05) is 54.6 Å². The molecule has 1 heterocycles. The van der Waals surface area contributed by atoms with Gasteiger partial charge in [-0.15, -0.1) is 0 Å². The van der Waals surface area contributed by atoms with E-state index >= 15 is 0 Å². The molecule has 0 unspecified atom stereocenters. The summed E-state index contributed by atoms with van der Waals surface area (Å²) in [5, 5.41) is 2.85. The van der Waals surface area contributed by atoms with Crippen molar-refractivity contribution in [2.24, 2.45) is 0 Å². The minimum atomic E-state index is -0.702. The van der Waals surface area contributed by atoms with Crippen molar-refractivity contribution in [2.75, 3.05) is 25.5 Å². The topological polar surface area (TPSA) is 84.9 Å². The molecule has 0 atom stereocenters. The maximum absolute atomic E-state index is 13.1. The lowest BCUT2D eigenvalue weighted by Crippen LogP contribution is -2.38. The van der Waals surface area contributed by atoms with E-state index in [-0.39, 0.29) is 12.5 Å². The number of amides is 2. The molecule has 0 saturated carbocycles. The highest BCUT2D eigenvalue weighted by Gasteiger charge is 2.34. The first-order valence-corrected chi connectivity index (χ1v) is 11.0. The van der Waals surface area contributed by atoms with Crippen LogP contribution in [0.5, 0.6) is 11.5 Å². The number of anilines is 1. The number of nitrogens with zero attached hydrogens (tertiary/aromatic N) is 1. The number of carbonyl (C=O) groups excluding carboxylic acids is 3. The predicted octanol–water partition coefficient (Wildman–Crippen LogP) is 4.18. The first-order valence-electron chi connectivity index (χ1n) is 11.0. The van der Waals surface area contributed by atoms with Gasteiger partial charge in [0.1, 0.15) is 17.4 Å². The van der Waals surface area contributed by atoms with E-state index in [1.54, 1.807) is 12.1 Å². The Bertz CT molecular complexity index is 1190. The van der Waals surface area contributed by atoms with Crippen molar-refractivity contribution in [3.05, 3.63) is 89.0 Å². The normalized spacial score (nSPS) is 12.1. The zero-order valence-corrected chi connectivity index (χ0v) is 19.3. The van der Waals surface area contributed by atoms with Gasteiger partial charge in [0.15, 0.2) is 6.61 Å². The molecule has 0 radical (unpaired) electrons. The number of benzene rings is 3. The summed E-state index contributed by atoms with van der Waals surface area (Å²) in [7, 11) is 1.50. The lowest BCUT2D eigenvalue weighted by molar-refractivity contribution is -0.152. The Morgan fingerprint density at radius 1 is 0.882 bits per heavy atom. The van der Waals surface area contributed by atoms with Crippen LogP contribution in [-0.4, -0.2) is 42.9 Å². The Hall–Kier alpha value is -4.13. The largest absolute Gasteiger partial charge is 0.457 e. The molecule has 1 N–H and O–H groups in total. The Labute approximate surface area is 198 Å². The number of hydrogen-bond donors (Lipinski definition) is 1. The molecule has 0 saturated heterocycles. The third-order valence-electron chi connectivity index (χ3n) is 5.81. The van der Waals surface area contributed by atoms with Gasteiger partial charge in [-0.2, -0.15) is 0 Å². The lowest BCUT2D eigenvalue weighted by atomic mass is 9.88. The van der Waals surface area contributed by atoms with E-state index in [9.17, 15) is 14.4 Å². The number of fused-ring (bicyclic) bond motifs is 2. The Morgan fingerprint density at radius 2 is 1.44 bits per heavy atom. The monoisotopic (exact) mass is 458 g/mol. The number of nitrogens with one attached hydrogen (secondary N) is 1. The van der Waals surface area contributed by atoms with Crippen molar-refractivity contribution < 1.29 is 23.9 Å². The van der Waals surface area contributed by atoms with Crippen LogP contribution in [0.15, 0.2) is 66.7 Å². The van der Waals surface area contributed by atoms with Crippen LogP contribution in [-0.2, 0) is 19.1 Å². The van der Waals surface area contributed by atoms with Gasteiger partial charge in [-0.3, -0.25) is 14.4 Å². The minimum Gasteiger partial charge on any atom is -0.457 e. The average molecular weight is 459 g/mol. The molecule has 3 aromatic carbocycles. The Kier molecular flexibility index (Phi) is 6.63. The molecule has 3 aromatic rings. The molecular formula is C27H26N2O5. The quantitative estimate of drug-likeness (QED) is 0.560. The van der Waals surface area contributed by atoms with E-state index in [1.807, 2.05) is 68.4 Å². The number of carbonyl (C=O) groups is 3. The standard InChI is InChI=1S/C27H26N2O5/c1-17-9-8-10-18(2)26(17)28-23(30)15-29(3)24(31)16-33-27(32)25-19-11-4-6-13-21(19)34-22-14-7-5-12-20(22)25/h4-14,25H,15-16H2,1-3H3,(H,28,30). The number of likely N-dealkylation sites (N-methyl/N-ethyl adjacent to an activating group) is 1. The molecule has 7 nitrogen and oxygen atoms in total. The molecule has 0 aromatic heterocycles. The van der Waals surface area contributed by atoms with Crippen LogP contribution in [0.3, 0.4) is 0 Å². The molecule has 1 aliphatic rings. The van der Waals surface area contributed by atoms with Crippen molar-refractivity contribution >= 4 is 23.5 Å². The van der Waals surface area contributed by atoms with Gasteiger partial charge >= 0.3 is 5.97 Å². The van der Waals surface area contributed by atoms with E-state index in [1.165, 1.54) is 11.9 Å². The van der Waals surface area contributed by atoms with Crippen LogP contribution in [0.2, 0.25) is 0 Å². The van der Waals surface area contributed by atoms with Crippen molar-refractivity contribution in [1.29, 1.82) is 0 Å². The number of para-hydroxylation sites is 3. The second-order valence-corrected chi connectivity index (χ2v) is 8.28. The molecule has 174 valence electrons. The first kappa shape index (κ1) is 23.0. The third-order valence-corrected chi connectivity index (χ3v) is 5.81. The highest BCUT2D eigenvalue weighted by Crippen LogP contribution is 2.44. The summed E-state index contributed by atoms with van der Waals surface area (Å²) in [4.78, 5) is 39.4. The van der Waals surface area contributed by atoms with E-state index in [0.717, 1.165) is 16.8 Å². The fraction of sp³-hybridized carbons (Fsp3) is 0.222. The summed E-state index contributed by atoms with van der Waals surface area (Å²) < 4.78 is 11.3. The molecule has 7 heteroatoms. The smallest absolute Gasteiger partial charge is 0.318 e. The Morgan fingerprint density at radius 3 is 2.03 bits per heavy atom. The van der Waals surface area contributed by atoms with Crippen molar-refractivity contribution in [2.45, 2.75) is 19.8 Å². The molecular weight excluding hydrogens is 432 g/mol. The van der Waals surface area contributed by atoms with Crippen LogP contribution in [0, 0.1) is 13.8 Å². The summed E-state index contributed by atoms with van der Waals surface area (Å²) in [6.07, 6.45) is 0. The zero-order chi connectivity index (χ0) is 24.2. The number of aryl methyl sites for hydroxylation is 2. The maximum atomic E-state index is 13.1. The number of hydrogen-bond acceptors (Lipinski definition) is 5. The van der Waals surface area contributed by atoms with Crippen molar-refractivity contribution in [1.82, 2.24) is 4.90 Å². The van der Waals surface area contributed by atoms with E-state index in [0.29, 0.717) is 22.6 Å². The van der Waals surface area contributed by atoms with Crippen LogP contribution < -0.4 is 10.1 Å². The van der Waals surface area contributed by atoms with Crippen molar-refractivity contribution in [3.63, 3.8) is 0 Å². The predicted molar refractivity (Wildman–Crippen MR) is 128 cm³/mol. The van der Waals surface area contributed by atoms with Crippen LogP contribution in [0.1, 0.15) is 28.2 Å². The molecule has 34 heavy (non-hydrogen) atoms. The molecule has 0 aliphatic carbocycles. The molecule has 2 amide bonds. The zero-order valence-electron chi connectivity index (χ0n) is 19.3. The number of rotatable bonds is 6. The average Bonchev–Trinajstić information content (AvgIpc) is 2.83. The van der Waals surface area contributed by atoms with E-state index in [4.69, 9.17) is 9.47 Å². The van der Waals surface area contributed by atoms with Crippen molar-refractivity contribution in [3.8, 4) is 11.5 Å². The van der Waals surface area contributed by atoms with Gasteiger partial charge in [-0.05, 0) is 37.1 Å². The second kappa shape index (κ2) is 9.79. The second-order valence-electron chi connectivity index (χ2n) is 8.28. The summed E-state index contributed by atoms with van der Waals surface area (Å²) in [5.41, 5.74) is 3.97. The minimum absolute atomic E-state index is 0.160. The summed E-state index contributed by atoms with van der Waals surface area (Å²) in [6.45, 7) is 3.19. The van der Waals surface area contributed by atoms with Gasteiger partial charge in [0.2, 0.25) is 5.91 Å². The number of ether oxygens (including phenoxy) is 2. The molecule has 4 rings (SSSR count). The van der Waals surface area contributed by atoms with Gasteiger partial charge in [0.05, 0.1) is 6.54 Å². The van der Waals surface area contributed by atoms with Gasteiger partial charge in [0, 0.05) is 23.9 Å². The highest BCUT2D eigenvalue weighted by atomic mass is 16.5. The highest BCUT2D eigenvalue weighted by molar-refractivity contribution is 5.96. The number of esters is 1. The maximum Gasteiger partial charge on any atom is 0.318 e. The molecule has 0 fully saturated rings. The molecule has 0 bridgehead atoms. The van der Waals surface area contributed by atoms with Crippen LogP contribution in [0.25, 0.3) is 0 Å². The van der Waals surface area contributed by atoms with Crippen LogP contribution >= 0.6 is 0 Å². The molecule has 1 aliphatic heterocycles. The fourth-order valence-corrected chi connectivity index (χ4v) is 3.98. The van der Waals surface area contributed by atoms with E-state index < -0.39 is 24.4 Å². The first-order chi connectivity index (χ1) is 16.3. The van der Waals surface area contributed by atoms with Gasteiger partial charge < -0.3 is 19.7 Å². The summed E-state index contributed by atoms with van der Waals surface area (Å²) in [5.74, 6) is -0.897. The summed E-state index contributed by atoms with van der Waals surface area (Å²) >= 11 is 0. The fourth-order valence-electron chi connectivity index (χ4n) is 3.98. The lowest BCUT2D eigenvalue weighted by Gasteiger charge is -2.27. The molecule has 0 spiro atoms. The van der Waals surface area contributed by atoms with E-state index in [2.05, 4.69) is 5.32 Å². The van der Waals surface area contributed by atoms with Crippen LogP contribution in [0.4, 0.5) is 5.69 Å².